The second kappa shape index (κ2) is 9.23. The fraction of sp³-hybridized carbons (Fsp3) is 0.333. The Kier molecular flexibility index (Phi) is 6.49. The Labute approximate surface area is 164 Å². The third kappa shape index (κ3) is 5.47. The molecule has 0 spiro atoms. The van der Waals surface area contributed by atoms with Crippen LogP contribution in [0.3, 0.4) is 0 Å². The summed E-state index contributed by atoms with van der Waals surface area (Å²) in [6, 6.07) is 13.7. The number of nitrogens with zero attached hydrogens (tertiary/aromatic N) is 2. The van der Waals surface area contributed by atoms with E-state index in [9.17, 15) is 4.79 Å². The van der Waals surface area contributed by atoms with E-state index >= 15 is 0 Å². The van der Waals surface area contributed by atoms with Crippen LogP contribution in [0.15, 0.2) is 47.6 Å². The molecule has 1 aliphatic rings. The van der Waals surface area contributed by atoms with Gasteiger partial charge in [0.25, 0.3) is 5.91 Å². The van der Waals surface area contributed by atoms with Gasteiger partial charge in [-0.2, -0.15) is 0 Å². The summed E-state index contributed by atoms with van der Waals surface area (Å²) in [4.78, 5) is 19.2. The van der Waals surface area contributed by atoms with Crippen LogP contribution in [-0.4, -0.2) is 44.0 Å². The zero-order chi connectivity index (χ0) is 19.9. The maximum Gasteiger partial charge on any atom is 0.261 e. The molecule has 2 aromatic carbocycles. The van der Waals surface area contributed by atoms with Crippen molar-refractivity contribution in [3.63, 3.8) is 0 Å². The molecule has 3 rings (SSSR count). The predicted octanol–water partition coefficient (Wildman–Crippen LogP) is 2.53. The van der Waals surface area contributed by atoms with Crippen molar-refractivity contribution in [2.45, 2.75) is 20.0 Å². The first-order valence-corrected chi connectivity index (χ1v) is 9.07. The number of hydrogen-bond acceptors (Lipinski definition) is 6. The maximum absolute atomic E-state index is 12.0. The molecule has 7 nitrogen and oxygen atoms in total. The Hall–Kier alpha value is -3.06. The number of hydrogen-bond donors (Lipinski definition) is 1. The van der Waals surface area contributed by atoms with Crippen LogP contribution in [0.4, 0.5) is 0 Å². The standard InChI is InChI=1S/C21H25N3O4/c1-15(18-8-9-19-20(10-18)27-14-26-19)23-28-13-21(25)22-11-16-4-6-17(7-5-16)12-24(2)3/h4-10H,11-14H2,1-3H3,(H,22,25)/b23-15-. The summed E-state index contributed by atoms with van der Waals surface area (Å²) in [6.07, 6.45) is 0. The zero-order valence-electron chi connectivity index (χ0n) is 16.4. The highest BCUT2D eigenvalue weighted by molar-refractivity contribution is 5.99. The first-order valence-electron chi connectivity index (χ1n) is 9.07. The van der Waals surface area contributed by atoms with E-state index in [0.717, 1.165) is 17.7 Å². The lowest BCUT2D eigenvalue weighted by Gasteiger charge is -2.10. The average Bonchev–Trinajstić information content (AvgIpc) is 3.14. The van der Waals surface area contributed by atoms with Gasteiger partial charge in [-0.3, -0.25) is 4.79 Å². The molecule has 28 heavy (non-hydrogen) atoms. The number of oxime groups is 1. The molecule has 1 aliphatic heterocycles. The van der Waals surface area contributed by atoms with E-state index in [2.05, 4.69) is 27.5 Å². The molecule has 0 saturated carbocycles. The zero-order valence-corrected chi connectivity index (χ0v) is 16.4. The molecular weight excluding hydrogens is 358 g/mol. The monoisotopic (exact) mass is 383 g/mol. The van der Waals surface area contributed by atoms with Gasteiger partial charge in [0.15, 0.2) is 18.1 Å². The third-order valence-corrected chi connectivity index (χ3v) is 4.20. The second-order valence-electron chi connectivity index (χ2n) is 6.85. The number of carbonyl (C=O) groups excluding carboxylic acids is 1. The number of benzene rings is 2. The Balaban J connectivity index is 1.43. The lowest BCUT2D eigenvalue weighted by molar-refractivity contribution is -0.125. The van der Waals surface area contributed by atoms with Gasteiger partial charge in [0.1, 0.15) is 0 Å². The molecule has 148 valence electrons. The number of amides is 1. The lowest BCUT2D eigenvalue weighted by Crippen LogP contribution is -2.26. The topological polar surface area (TPSA) is 72.4 Å². The van der Waals surface area contributed by atoms with E-state index in [4.69, 9.17) is 14.3 Å². The molecule has 0 bridgehead atoms. The molecule has 0 atom stereocenters. The first-order chi connectivity index (χ1) is 13.5. The Bertz CT molecular complexity index is 847. The van der Waals surface area contributed by atoms with Crippen LogP contribution < -0.4 is 14.8 Å². The third-order valence-electron chi connectivity index (χ3n) is 4.20. The van der Waals surface area contributed by atoms with Gasteiger partial charge < -0.3 is 24.5 Å². The van der Waals surface area contributed by atoms with Gasteiger partial charge in [-0.15, -0.1) is 0 Å². The SMILES string of the molecule is C/C(=N/OCC(=O)NCc1ccc(CN(C)C)cc1)c1ccc2c(c1)OCO2. The molecule has 1 amide bonds. The number of ether oxygens (including phenoxy) is 2. The van der Waals surface area contributed by atoms with Gasteiger partial charge in [-0.1, -0.05) is 29.4 Å². The molecule has 0 aromatic heterocycles. The summed E-state index contributed by atoms with van der Waals surface area (Å²) in [5, 5.41) is 6.84. The molecule has 2 aromatic rings. The Morgan fingerprint density at radius 3 is 2.57 bits per heavy atom. The molecule has 1 heterocycles. The van der Waals surface area contributed by atoms with Crippen molar-refractivity contribution in [3.8, 4) is 11.5 Å². The number of rotatable bonds is 8. The van der Waals surface area contributed by atoms with Crippen molar-refractivity contribution in [2.24, 2.45) is 5.16 Å². The number of carbonyl (C=O) groups is 1. The van der Waals surface area contributed by atoms with E-state index in [0.29, 0.717) is 23.8 Å². The summed E-state index contributed by atoms with van der Waals surface area (Å²) in [6.45, 7) is 3.24. The van der Waals surface area contributed by atoms with Crippen LogP contribution in [0.25, 0.3) is 0 Å². The van der Waals surface area contributed by atoms with Crippen LogP contribution in [-0.2, 0) is 22.7 Å². The van der Waals surface area contributed by atoms with Gasteiger partial charge in [-0.25, -0.2) is 0 Å². The van der Waals surface area contributed by atoms with Gasteiger partial charge in [0.05, 0.1) is 5.71 Å². The van der Waals surface area contributed by atoms with Crippen LogP contribution in [0, 0.1) is 0 Å². The highest BCUT2D eigenvalue weighted by Crippen LogP contribution is 2.32. The average molecular weight is 383 g/mol. The molecule has 7 heteroatoms. The maximum atomic E-state index is 12.0. The van der Waals surface area contributed by atoms with E-state index in [-0.39, 0.29) is 19.3 Å². The minimum atomic E-state index is -0.223. The first kappa shape index (κ1) is 19.7. The highest BCUT2D eigenvalue weighted by Gasteiger charge is 2.14. The van der Waals surface area contributed by atoms with Crippen LogP contribution in [0.5, 0.6) is 11.5 Å². The molecule has 0 radical (unpaired) electrons. The van der Waals surface area contributed by atoms with E-state index < -0.39 is 0 Å². The van der Waals surface area contributed by atoms with Crippen LogP contribution >= 0.6 is 0 Å². The summed E-state index contributed by atoms with van der Waals surface area (Å²) < 4.78 is 10.6. The quantitative estimate of drug-likeness (QED) is 0.560. The van der Waals surface area contributed by atoms with Gasteiger partial charge in [0.2, 0.25) is 6.79 Å². The molecule has 0 aliphatic carbocycles. The largest absolute Gasteiger partial charge is 0.454 e. The molecule has 1 N–H and O–H groups in total. The van der Waals surface area contributed by atoms with Crippen LogP contribution in [0.2, 0.25) is 0 Å². The Morgan fingerprint density at radius 2 is 1.82 bits per heavy atom. The summed E-state index contributed by atoms with van der Waals surface area (Å²) in [5.41, 5.74) is 3.78. The molecule has 0 saturated heterocycles. The molecular formula is C21H25N3O4. The minimum Gasteiger partial charge on any atom is -0.454 e. The fourth-order valence-electron chi connectivity index (χ4n) is 2.74. The fourth-order valence-corrected chi connectivity index (χ4v) is 2.74. The number of nitrogens with one attached hydrogen (secondary N) is 1. The molecule has 0 unspecified atom stereocenters. The Morgan fingerprint density at radius 1 is 1.11 bits per heavy atom. The summed E-state index contributed by atoms with van der Waals surface area (Å²) in [5.74, 6) is 1.17. The predicted molar refractivity (Wildman–Crippen MR) is 106 cm³/mol. The van der Waals surface area contributed by atoms with Crippen molar-refractivity contribution in [3.05, 3.63) is 59.2 Å². The van der Waals surface area contributed by atoms with Gasteiger partial charge >= 0.3 is 0 Å². The van der Waals surface area contributed by atoms with Crippen LogP contribution in [0.1, 0.15) is 23.6 Å². The van der Waals surface area contributed by atoms with E-state index in [1.54, 1.807) is 0 Å². The second-order valence-corrected chi connectivity index (χ2v) is 6.85. The minimum absolute atomic E-state index is 0.138. The highest BCUT2D eigenvalue weighted by atomic mass is 16.7. The summed E-state index contributed by atoms with van der Waals surface area (Å²) >= 11 is 0. The van der Waals surface area contributed by atoms with E-state index in [1.165, 1.54) is 5.56 Å². The van der Waals surface area contributed by atoms with Crippen molar-refractivity contribution < 1.29 is 19.1 Å². The summed E-state index contributed by atoms with van der Waals surface area (Å²) in [7, 11) is 4.07. The number of fused-ring (bicyclic) bond motifs is 1. The normalized spacial score (nSPS) is 12.9. The van der Waals surface area contributed by atoms with Crippen molar-refractivity contribution in [1.29, 1.82) is 0 Å². The van der Waals surface area contributed by atoms with E-state index in [1.807, 2.05) is 51.4 Å². The lowest BCUT2D eigenvalue weighted by atomic mass is 10.1. The van der Waals surface area contributed by atoms with Crippen molar-refractivity contribution in [1.82, 2.24) is 10.2 Å². The van der Waals surface area contributed by atoms with Gasteiger partial charge in [-0.05, 0) is 50.3 Å². The van der Waals surface area contributed by atoms with Gasteiger partial charge in [0, 0.05) is 18.7 Å². The molecule has 0 fully saturated rings. The smallest absolute Gasteiger partial charge is 0.261 e. The van der Waals surface area contributed by atoms with Crippen molar-refractivity contribution in [2.75, 3.05) is 27.5 Å². The van der Waals surface area contributed by atoms with Crippen molar-refractivity contribution >= 4 is 11.6 Å².